The molecule has 1 N–H and O–H groups in total. The van der Waals surface area contributed by atoms with Gasteiger partial charge in [0.25, 0.3) is 0 Å². The summed E-state index contributed by atoms with van der Waals surface area (Å²) in [5, 5.41) is 3.43. The summed E-state index contributed by atoms with van der Waals surface area (Å²) in [6.07, 6.45) is 1.01. The fourth-order valence-electron chi connectivity index (χ4n) is 2.13. The standard InChI is InChI=1S/C16H16BrFIN/c1-2-9-20-16(11-5-3-6-12(19)10-11)13-7-4-8-14(17)15(13)18/h3-8,10,16,20H,2,9H2,1H3. The molecule has 0 aliphatic rings. The van der Waals surface area contributed by atoms with Crippen molar-refractivity contribution in [1.82, 2.24) is 5.32 Å². The third-order valence-electron chi connectivity index (χ3n) is 3.07. The van der Waals surface area contributed by atoms with Crippen LogP contribution < -0.4 is 5.32 Å². The Labute approximate surface area is 141 Å². The lowest BCUT2D eigenvalue weighted by Gasteiger charge is -2.21. The first-order valence-electron chi connectivity index (χ1n) is 6.56. The van der Waals surface area contributed by atoms with Crippen molar-refractivity contribution in [2.45, 2.75) is 19.4 Å². The first kappa shape index (κ1) is 15.9. The van der Waals surface area contributed by atoms with Crippen LogP contribution in [0.3, 0.4) is 0 Å². The van der Waals surface area contributed by atoms with Crippen LogP contribution in [0.4, 0.5) is 4.39 Å². The van der Waals surface area contributed by atoms with Crippen molar-refractivity contribution < 1.29 is 4.39 Å². The van der Waals surface area contributed by atoms with Crippen LogP contribution >= 0.6 is 38.5 Å². The van der Waals surface area contributed by atoms with E-state index < -0.39 is 0 Å². The van der Waals surface area contributed by atoms with E-state index in [1.54, 1.807) is 6.07 Å². The van der Waals surface area contributed by atoms with Crippen LogP contribution in [-0.4, -0.2) is 6.54 Å². The molecule has 2 aromatic rings. The van der Waals surface area contributed by atoms with E-state index in [2.05, 4.69) is 56.8 Å². The summed E-state index contributed by atoms with van der Waals surface area (Å²) in [5.74, 6) is -0.194. The number of benzene rings is 2. The second-order valence-electron chi connectivity index (χ2n) is 4.59. The lowest BCUT2D eigenvalue weighted by molar-refractivity contribution is 0.543. The van der Waals surface area contributed by atoms with Crippen LogP contribution in [0.5, 0.6) is 0 Å². The topological polar surface area (TPSA) is 12.0 Å². The highest BCUT2D eigenvalue weighted by Crippen LogP contribution is 2.29. The third kappa shape index (κ3) is 3.80. The van der Waals surface area contributed by atoms with Gasteiger partial charge < -0.3 is 5.32 Å². The predicted molar refractivity (Wildman–Crippen MR) is 93.4 cm³/mol. The summed E-state index contributed by atoms with van der Waals surface area (Å²) < 4.78 is 16.0. The monoisotopic (exact) mass is 447 g/mol. The fourth-order valence-corrected chi connectivity index (χ4v) is 3.07. The van der Waals surface area contributed by atoms with Crippen LogP contribution in [0.1, 0.15) is 30.5 Å². The van der Waals surface area contributed by atoms with Gasteiger partial charge in [0.05, 0.1) is 10.5 Å². The van der Waals surface area contributed by atoms with Crippen molar-refractivity contribution >= 4 is 38.5 Å². The van der Waals surface area contributed by atoms with Crippen molar-refractivity contribution in [2.75, 3.05) is 6.54 Å². The molecular weight excluding hydrogens is 432 g/mol. The van der Waals surface area contributed by atoms with Gasteiger partial charge in [-0.3, -0.25) is 0 Å². The van der Waals surface area contributed by atoms with Crippen LogP contribution in [0.2, 0.25) is 0 Å². The van der Waals surface area contributed by atoms with Gasteiger partial charge in [0.2, 0.25) is 0 Å². The quantitative estimate of drug-likeness (QED) is 0.614. The molecule has 1 unspecified atom stereocenters. The zero-order valence-electron chi connectivity index (χ0n) is 11.2. The van der Waals surface area contributed by atoms with E-state index in [-0.39, 0.29) is 11.9 Å². The molecule has 0 radical (unpaired) electrons. The van der Waals surface area contributed by atoms with Gasteiger partial charge in [0.1, 0.15) is 5.82 Å². The van der Waals surface area contributed by atoms with Crippen LogP contribution in [-0.2, 0) is 0 Å². The Bertz CT molecular complexity index is 588. The average Bonchev–Trinajstić information content (AvgIpc) is 2.44. The number of hydrogen-bond acceptors (Lipinski definition) is 1. The molecule has 0 aromatic heterocycles. The molecule has 0 saturated heterocycles. The normalized spacial score (nSPS) is 12.4. The molecule has 4 heteroatoms. The Kier molecular flexibility index (Phi) is 5.99. The van der Waals surface area contributed by atoms with E-state index >= 15 is 0 Å². The summed E-state index contributed by atoms with van der Waals surface area (Å²) in [4.78, 5) is 0. The summed E-state index contributed by atoms with van der Waals surface area (Å²) >= 11 is 5.55. The van der Waals surface area contributed by atoms with E-state index in [0.717, 1.165) is 22.1 Å². The molecule has 0 saturated carbocycles. The lowest BCUT2D eigenvalue weighted by Crippen LogP contribution is -2.24. The number of halogens is 3. The average molecular weight is 448 g/mol. The van der Waals surface area contributed by atoms with Gasteiger partial charge in [-0.05, 0) is 75.2 Å². The molecule has 20 heavy (non-hydrogen) atoms. The van der Waals surface area contributed by atoms with Gasteiger partial charge in [-0.15, -0.1) is 0 Å². The minimum absolute atomic E-state index is 0.123. The minimum atomic E-state index is -0.194. The van der Waals surface area contributed by atoms with E-state index in [9.17, 15) is 4.39 Å². The highest BCUT2D eigenvalue weighted by Gasteiger charge is 2.18. The maximum atomic E-state index is 14.4. The molecule has 0 fully saturated rings. The highest BCUT2D eigenvalue weighted by atomic mass is 127. The Morgan fingerprint density at radius 2 is 2.00 bits per heavy atom. The maximum Gasteiger partial charge on any atom is 0.142 e. The Morgan fingerprint density at radius 3 is 2.70 bits per heavy atom. The van der Waals surface area contributed by atoms with Crippen molar-refractivity contribution in [1.29, 1.82) is 0 Å². The van der Waals surface area contributed by atoms with E-state index in [0.29, 0.717) is 10.0 Å². The molecule has 1 nitrogen and oxygen atoms in total. The first-order valence-corrected chi connectivity index (χ1v) is 8.43. The summed E-state index contributed by atoms with van der Waals surface area (Å²) in [5.41, 5.74) is 1.76. The highest BCUT2D eigenvalue weighted by molar-refractivity contribution is 14.1. The number of hydrogen-bond donors (Lipinski definition) is 1. The van der Waals surface area contributed by atoms with E-state index in [1.165, 1.54) is 0 Å². The van der Waals surface area contributed by atoms with E-state index in [1.807, 2.05) is 30.3 Å². The van der Waals surface area contributed by atoms with Gasteiger partial charge in [-0.2, -0.15) is 0 Å². The van der Waals surface area contributed by atoms with Crippen LogP contribution in [0.15, 0.2) is 46.9 Å². The van der Waals surface area contributed by atoms with Crippen molar-refractivity contribution in [3.05, 3.63) is 67.5 Å². The molecule has 1 atom stereocenters. The molecule has 0 aliphatic heterocycles. The largest absolute Gasteiger partial charge is 0.306 e. The van der Waals surface area contributed by atoms with Crippen LogP contribution in [0.25, 0.3) is 0 Å². The van der Waals surface area contributed by atoms with Crippen molar-refractivity contribution in [2.24, 2.45) is 0 Å². The molecule has 2 aromatic carbocycles. The number of rotatable bonds is 5. The summed E-state index contributed by atoms with van der Waals surface area (Å²) in [7, 11) is 0. The van der Waals surface area contributed by atoms with Crippen molar-refractivity contribution in [3.8, 4) is 0 Å². The fraction of sp³-hybridized carbons (Fsp3) is 0.250. The van der Waals surface area contributed by atoms with Gasteiger partial charge in [-0.1, -0.05) is 31.2 Å². The predicted octanol–water partition coefficient (Wildman–Crippen LogP) is 5.28. The molecule has 0 amide bonds. The second-order valence-corrected chi connectivity index (χ2v) is 6.69. The minimum Gasteiger partial charge on any atom is -0.306 e. The molecule has 0 spiro atoms. The van der Waals surface area contributed by atoms with Crippen molar-refractivity contribution in [3.63, 3.8) is 0 Å². The Hall–Kier alpha value is -0.460. The molecule has 0 heterocycles. The number of nitrogens with one attached hydrogen (secondary N) is 1. The smallest absolute Gasteiger partial charge is 0.142 e. The van der Waals surface area contributed by atoms with Gasteiger partial charge >= 0.3 is 0 Å². The summed E-state index contributed by atoms with van der Waals surface area (Å²) in [6, 6.07) is 13.5. The SMILES string of the molecule is CCCNC(c1cccc(I)c1)c1cccc(Br)c1F. The Morgan fingerprint density at radius 1 is 1.25 bits per heavy atom. The van der Waals surface area contributed by atoms with E-state index in [4.69, 9.17) is 0 Å². The van der Waals surface area contributed by atoms with Gasteiger partial charge in [-0.25, -0.2) is 4.39 Å². The molecule has 106 valence electrons. The molecule has 0 aliphatic carbocycles. The zero-order valence-corrected chi connectivity index (χ0v) is 14.9. The lowest BCUT2D eigenvalue weighted by atomic mass is 9.98. The summed E-state index contributed by atoms with van der Waals surface area (Å²) in [6.45, 7) is 2.96. The zero-order chi connectivity index (χ0) is 14.5. The molecule has 0 bridgehead atoms. The third-order valence-corrected chi connectivity index (χ3v) is 4.36. The van der Waals surface area contributed by atoms with Crippen LogP contribution in [0, 0.1) is 9.39 Å². The second kappa shape index (κ2) is 7.52. The van der Waals surface area contributed by atoms with Gasteiger partial charge in [0, 0.05) is 9.13 Å². The maximum absolute atomic E-state index is 14.4. The molecule has 2 rings (SSSR count). The first-order chi connectivity index (χ1) is 9.63. The molecular formula is C16H16BrFIN. The Balaban J connectivity index is 2.44. The van der Waals surface area contributed by atoms with Gasteiger partial charge in [0.15, 0.2) is 0 Å².